The van der Waals surface area contributed by atoms with Crippen molar-refractivity contribution in [3.8, 4) is 0 Å². The molecule has 1 saturated heterocycles. The van der Waals surface area contributed by atoms with E-state index in [1.807, 2.05) is 0 Å². The Kier molecular flexibility index (Phi) is 3.81. The number of nitrogens with two attached hydrogens (primary N) is 1. The van der Waals surface area contributed by atoms with Crippen molar-refractivity contribution in [3.05, 3.63) is 11.3 Å². The van der Waals surface area contributed by atoms with Gasteiger partial charge in [0.1, 0.15) is 23.7 Å². The van der Waals surface area contributed by atoms with Crippen LogP contribution in [-0.4, -0.2) is 51.4 Å². The van der Waals surface area contributed by atoms with Gasteiger partial charge in [-0.15, -0.1) is 11.8 Å². The minimum Gasteiger partial charge on any atom is -0.477 e. The van der Waals surface area contributed by atoms with Crippen LogP contribution in [0.4, 0.5) is 0 Å². The van der Waals surface area contributed by atoms with E-state index >= 15 is 0 Å². The first-order valence-corrected chi connectivity index (χ1v) is 6.87. The number of aliphatic carboxylic acids is 1. The van der Waals surface area contributed by atoms with E-state index in [0.717, 1.165) is 0 Å². The molecule has 2 rings (SSSR count). The number of rotatable bonds is 4. The summed E-state index contributed by atoms with van der Waals surface area (Å²) in [4.78, 5) is 29.3. The molecule has 2 aliphatic rings. The Labute approximate surface area is 114 Å². The number of β-lactam (4-membered cyclic amide) rings is 1. The molecule has 1 fully saturated rings. The molecule has 0 saturated carbocycles. The maximum Gasteiger partial charge on any atom is 0.353 e. The highest BCUT2D eigenvalue weighted by Crippen LogP contribution is 2.39. The Morgan fingerprint density at radius 2 is 2.37 bits per heavy atom. The maximum atomic E-state index is 11.7. The van der Waals surface area contributed by atoms with E-state index in [2.05, 4.69) is 5.16 Å². The van der Waals surface area contributed by atoms with Crippen molar-refractivity contribution >= 4 is 29.4 Å². The molecule has 2 aliphatic heterocycles. The molecule has 2 heterocycles. The second kappa shape index (κ2) is 5.22. The van der Waals surface area contributed by atoms with Crippen LogP contribution in [0, 0.1) is 0 Å². The number of oxime groups is 1. The zero-order valence-corrected chi connectivity index (χ0v) is 11.4. The van der Waals surface area contributed by atoms with Gasteiger partial charge in [0.05, 0.1) is 5.71 Å². The van der Waals surface area contributed by atoms with Gasteiger partial charge in [-0.3, -0.25) is 9.69 Å². The van der Waals surface area contributed by atoms with Crippen LogP contribution in [0.1, 0.15) is 13.8 Å². The summed E-state index contributed by atoms with van der Waals surface area (Å²) in [6.45, 7) is 3.85. The third-order valence-corrected chi connectivity index (χ3v) is 4.28. The fourth-order valence-corrected chi connectivity index (χ4v) is 3.37. The van der Waals surface area contributed by atoms with Crippen molar-refractivity contribution in [2.24, 2.45) is 10.9 Å². The van der Waals surface area contributed by atoms with Crippen molar-refractivity contribution < 1.29 is 19.5 Å². The Balaban J connectivity index is 2.38. The first kappa shape index (κ1) is 13.9. The lowest BCUT2D eigenvalue weighted by atomic mass is 10.0. The van der Waals surface area contributed by atoms with Gasteiger partial charge in [-0.1, -0.05) is 5.16 Å². The summed E-state index contributed by atoms with van der Waals surface area (Å²) in [5.41, 5.74) is 6.60. The second-order valence-corrected chi connectivity index (χ2v) is 5.27. The third kappa shape index (κ3) is 2.21. The van der Waals surface area contributed by atoms with Gasteiger partial charge >= 0.3 is 5.97 Å². The molecule has 104 valence electrons. The summed E-state index contributed by atoms with van der Waals surface area (Å²) in [6.07, 6.45) is 0. The van der Waals surface area contributed by atoms with E-state index in [1.54, 1.807) is 13.8 Å². The van der Waals surface area contributed by atoms with Crippen LogP contribution < -0.4 is 5.73 Å². The van der Waals surface area contributed by atoms with Crippen LogP contribution in [0.2, 0.25) is 0 Å². The molecule has 3 N–H and O–H groups in total. The number of fused-ring (bicyclic) bond motifs is 1. The van der Waals surface area contributed by atoms with Crippen LogP contribution in [0.25, 0.3) is 0 Å². The minimum absolute atomic E-state index is 0.0311. The zero-order chi connectivity index (χ0) is 14.2. The third-order valence-electron chi connectivity index (χ3n) is 2.98. The largest absolute Gasteiger partial charge is 0.477 e. The van der Waals surface area contributed by atoms with Crippen molar-refractivity contribution in [2.75, 3.05) is 12.4 Å². The fourth-order valence-electron chi connectivity index (χ4n) is 2.01. The molecule has 0 aromatic rings. The lowest BCUT2D eigenvalue weighted by molar-refractivity contribution is -0.147. The van der Waals surface area contributed by atoms with E-state index in [9.17, 15) is 14.7 Å². The Morgan fingerprint density at radius 3 is 2.95 bits per heavy atom. The number of carbonyl (C=O) groups is 2. The highest BCUT2D eigenvalue weighted by Gasteiger charge is 2.52. The number of amides is 1. The first-order valence-electron chi connectivity index (χ1n) is 5.82. The van der Waals surface area contributed by atoms with Gasteiger partial charge < -0.3 is 15.7 Å². The number of hydrogen-bond donors (Lipinski definition) is 2. The predicted molar refractivity (Wildman–Crippen MR) is 70.5 cm³/mol. The smallest absolute Gasteiger partial charge is 0.353 e. The monoisotopic (exact) mass is 285 g/mol. The predicted octanol–water partition coefficient (Wildman–Crippen LogP) is -0.0201. The molecular formula is C11H15N3O4S. The molecule has 0 spiro atoms. The average Bonchev–Trinajstić information content (AvgIpc) is 2.41. The lowest BCUT2D eigenvalue weighted by Crippen LogP contribution is -2.68. The van der Waals surface area contributed by atoms with Crippen LogP contribution in [0.5, 0.6) is 0 Å². The summed E-state index contributed by atoms with van der Waals surface area (Å²) in [5, 5.41) is 12.9. The van der Waals surface area contributed by atoms with Gasteiger partial charge in [-0.05, 0) is 13.8 Å². The normalized spacial score (nSPS) is 27.0. The SMILES string of the molecule is CCON=C(C)C1=C(C(=O)O)N2C(=O)[C@@H](N)[C@@H]2SC1. The van der Waals surface area contributed by atoms with Crippen LogP contribution in [-0.2, 0) is 14.4 Å². The highest BCUT2D eigenvalue weighted by molar-refractivity contribution is 8.00. The van der Waals surface area contributed by atoms with E-state index in [4.69, 9.17) is 10.6 Å². The molecule has 0 aliphatic carbocycles. The van der Waals surface area contributed by atoms with Crippen molar-refractivity contribution in [3.63, 3.8) is 0 Å². The lowest BCUT2D eigenvalue weighted by Gasteiger charge is -2.47. The molecule has 0 unspecified atom stereocenters. The molecule has 19 heavy (non-hydrogen) atoms. The standard InChI is InChI=1S/C11H15N3O4S/c1-3-18-13-5(2)6-4-19-10-7(12)9(15)14(10)8(6)11(16)17/h7,10H,3-4,12H2,1-2H3,(H,16,17)/t7-,10+/m1/s1. The average molecular weight is 285 g/mol. The van der Waals surface area contributed by atoms with Gasteiger partial charge in [0.15, 0.2) is 0 Å². The summed E-state index contributed by atoms with van der Waals surface area (Å²) < 4.78 is 0. The van der Waals surface area contributed by atoms with Gasteiger partial charge in [0.2, 0.25) is 5.91 Å². The molecule has 8 heteroatoms. The first-order chi connectivity index (χ1) is 8.99. The molecular weight excluding hydrogens is 270 g/mol. The number of thioether (sulfide) groups is 1. The van der Waals surface area contributed by atoms with Gasteiger partial charge in [0.25, 0.3) is 0 Å². The molecule has 7 nitrogen and oxygen atoms in total. The fraction of sp³-hybridized carbons (Fsp3) is 0.545. The Morgan fingerprint density at radius 1 is 1.68 bits per heavy atom. The molecule has 0 aromatic carbocycles. The van der Waals surface area contributed by atoms with E-state index < -0.39 is 12.0 Å². The number of carboxylic acids is 1. The van der Waals surface area contributed by atoms with E-state index in [-0.39, 0.29) is 17.0 Å². The van der Waals surface area contributed by atoms with Crippen LogP contribution in [0.3, 0.4) is 0 Å². The minimum atomic E-state index is -1.15. The van der Waals surface area contributed by atoms with E-state index in [0.29, 0.717) is 23.6 Å². The summed E-state index contributed by atoms with van der Waals surface area (Å²) in [6, 6.07) is -0.620. The molecule has 2 atom stereocenters. The van der Waals surface area contributed by atoms with Gasteiger partial charge in [-0.25, -0.2) is 4.79 Å². The van der Waals surface area contributed by atoms with Gasteiger partial charge in [-0.2, -0.15) is 0 Å². The molecule has 0 aromatic heterocycles. The van der Waals surface area contributed by atoms with Crippen molar-refractivity contribution in [1.82, 2.24) is 4.90 Å². The van der Waals surface area contributed by atoms with Gasteiger partial charge in [0, 0.05) is 11.3 Å². The number of hydrogen-bond acceptors (Lipinski definition) is 6. The maximum absolute atomic E-state index is 11.7. The zero-order valence-electron chi connectivity index (χ0n) is 10.6. The topological polar surface area (TPSA) is 105 Å². The summed E-state index contributed by atoms with van der Waals surface area (Å²) in [7, 11) is 0. The number of nitrogens with zero attached hydrogens (tertiary/aromatic N) is 2. The Bertz CT molecular complexity index is 488. The van der Waals surface area contributed by atoms with Crippen LogP contribution in [0.15, 0.2) is 16.4 Å². The van der Waals surface area contributed by atoms with Crippen LogP contribution >= 0.6 is 11.8 Å². The molecule has 1 amide bonds. The highest BCUT2D eigenvalue weighted by atomic mass is 32.2. The number of carboxylic acid groups (broad SMARTS) is 1. The molecule has 0 radical (unpaired) electrons. The quantitative estimate of drug-likeness (QED) is 0.427. The summed E-state index contributed by atoms with van der Waals surface area (Å²) in [5.74, 6) is -1.06. The number of carbonyl (C=O) groups excluding carboxylic acids is 1. The second-order valence-electron chi connectivity index (χ2n) is 4.16. The van der Waals surface area contributed by atoms with Crippen molar-refractivity contribution in [2.45, 2.75) is 25.3 Å². The summed E-state index contributed by atoms with van der Waals surface area (Å²) >= 11 is 1.44. The Hall–Kier alpha value is -1.54. The van der Waals surface area contributed by atoms with Crippen molar-refractivity contribution in [1.29, 1.82) is 0 Å². The van der Waals surface area contributed by atoms with E-state index in [1.165, 1.54) is 16.7 Å². The molecule has 0 bridgehead atoms.